The number of carbonyl (C=O) groups is 1. The van der Waals surface area contributed by atoms with Gasteiger partial charge in [-0.05, 0) is 33.2 Å². The van der Waals surface area contributed by atoms with Gasteiger partial charge < -0.3 is 16.0 Å². The molecule has 1 atom stereocenters. The van der Waals surface area contributed by atoms with E-state index in [0.717, 1.165) is 18.0 Å². The van der Waals surface area contributed by atoms with Crippen molar-refractivity contribution in [2.75, 3.05) is 27.2 Å². The van der Waals surface area contributed by atoms with Gasteiger partial charge in [0.05, 0.1) is 0 Å². The summed E-state index contributed by atoms with van der Waals surface area (Å²) in [5.74, 6) is -0.319. The molecule has 3 N–H and O–H groups in total. The van der Waals surface area contributed by atoms with Gasteiger partial charge in [0.2, 0.25) is 5.91 Å². The lowest BCUT2D eigenvalue weighted by Gasteiger charge is -2.16. The molecule has 1 amide bonds. The van der Waals surface area contributed by atoms with Gasteiger partial charge in [-0.25, -0.2) is 0 Å². The van der Waals surface area contributed by atoms with E-state index in [1.54, 1.807) is 11.3 Å². The molecule has 0 fully saturated rings. The molecular weight excluding hydrogens is 222 g/mol. The maximum atomic E-state index is 11.3. The molecule has 0 saturated carbocycles. The molecule has 0 saturated heterocycles. The van der Waals surface area contributed by atoms with Crippen molar-refractivity contribution < 1.29 is 4.79 Å². The number of nitrogens with zero attached hydrogens (tertiary/aromatic N) is 1. The van der Waals surface area contributed by atoms with Gasteiger partial charge in [-0.15, -0.1) is 11.3 Å². The third-order valence-electron chi connectivity index (χ3n) is 2.24. The van der Waals surface area contributed by atoms with E-state index in [1.165, 1.54) is 4.88 Å². The summed E-state index contributed by atoms with van der Waals surface area (Å²) < 4.78 is 0. The minimum absolute atomic E-state index is 0.319. The number of carbonyl (C=O) groups excluding carboxylic acids is 1. The molecule has 1 rings (SSSR count). The van der Waals surface area contributed by atoms with E-state index in [2.05, 4.69) is 10.2 Å². The van der Waals surface area contributed by atoms with Crippen LogP contribution in [-0.2, 0) is 4.79 Å². The normalized spacial score (nSPS) is 13.0. The zero-order valence-corrected chi connectivity index (χ0v) is 10.8. The molecule has 1 heterocycles. The third kappa shape index (κ3) is 3.92. The first-order chi connectivity index (χ1) is 7.50. The number of amides is 1. The number of hydrogen-bond acceptors (Lipinski definition) is 4. The summed E-state index contributed by atoms with van der Waals surface area (Å²) in [7, 11) is 3.99. The number of likely N-dealkylation sites (N-methyl/N-ethyl adjacent to an activating group) is 1. The van der Waals surface area contributed by atoms with Crippen LogP contribution in [0.2, 0.25) is 0 Å². The number of rotatable bonds is 6. The quantitative estimate of drug-likeness (QED) is 0.772. The van der Waals surface area contributed by atoms with Crippen molar-refractivity contribution in [3.63, 3.8) is 0 Å². The molecule has 0 radical (unpaired) electrons. The standard InChI is InChI=1S/C11H19N3OS/c1-8-4-5-9(16-8)10(11(12)15)13-6-7-14(2)3/h4-5,10,13H,6-7H2,1-3H3,(H2,12,15). The summed E-state index contributed by atoms with van der Waals surface area (Å²) >= 11 is 1.61. The third-order valence-corrected chi connectivity index (χ3v) is 3.30. The number of thiophene rings is 1. The van der Waals surface area contributed by atoms with Crippen molar-refractivity contribution in [3.8, 4) is 0 Å². The van der Waals surface area contributed by atoms with Gasteiger partial charge in [0, 0.05) is 22.8 Å². The molecule has 16 heavy (non-hydrogen) atoms. The van der Waals surface area contributed by atoms with Crippen molar-refractivity contribution in [3.05, 3.63) is 21.9 Å². The van der Waals surface area contributed by atoms with E-state index >= 15 is 0 Å². The highest BCUT2D eigenvalue weighted by Crippen LogP contribution is 2.22. The molecule has 0 bridgehead atoms. The van der Waals surface area contributed by atoms with E-state index in [1.807, 2.05) is 33.2 Å². The number of hydrogen-bond donors (Lipinski definition) is 2. The number of aryl methyl sites for hydroxylation is 1. The second kappa shape index (κ2) is 5.98. The van der Waals surface area contributed by atoms with E-state index < -0.39 is 0 Å². The van der Waals surface area contributed by atoms with Gasteiger partial charge in [0.25, 0.3) is 0 Å². The van der Waals surface area contributed by atoms with Crippen LogP contribution < -0.4 is 11.1 Å². The average Bonchev–Trinajstić information content (AvgIpc) is 2.58. The van der Waals surface area contributed by atoms with Crippen LogP contribution >= 0.6 is 11.3 Å². The van der Waals surface area contributed by atoms with E-state index in [9.17, 15) is 4.79 Å². The SMILES string of the molecule is Cc1ccc(C(NCCN(C)C)C(N)=O)s1. The van der Waals surface area contributed by atoms with Crippen molar-refractivity contribution >= 4 is 17.2 Å². The van der Waals surface area contributed by atoms with Crippen LogP contribution in [0, 0.1) is 6.92 Å². The Balaban J connectivity index is 2.58. The van der Waals surface area contributed by atoms with E-state index in [0.29, 0.717) is 0 Å². The second-order valence-electron chi connectivity index (χ2n) is 4.04. The Morgan fingerprint density at radius 2 is 2.25 bits per heavy atom. The van der Waals surface area contributed by atoms with Gasteiger partial charge >= 0.3 is 0 Å². The topological polar surface area (TPSA) is 58.4 Å². The van der Waals surface area contributed by atoms with Gasteiger partial charge in [-0.1, -0.05) is 0 Å². The molecule has 0 aliphatic heterocycles. The van der Waals surface area contributed by atoms with Crippen molar-refractivity contribution in [1.29, 1.82) is 0 Å². The number of primary amides is 1. The summed E-state index contributed by atoms with van der Waals surface area (Å²) in [5.41, 5.74) is 5.39. The van der Waals surface area contributed by atoms with Crippen LogP contribution in [0.15, 0.2) is 12.1 Å². The molecular formula is C11H19N3OS. The Labute approximate surface area is 100 Å². The molecule has 1 aromatic heterocycles. The highest BCUT2D eigenvalue weighted by molar-refractivity contribution is 7.12. The Morgan fingerprint density at radius 1 is 1.56 bits per heavy atom. The van der Waals surface area contributed by atoms with Crippen LogP contribution in [0.25, 0.3) is 0 Å². The summed E-state index contributed by atoms with van der Waals surface area (Å²) in [6.07, 6.45) is 0. The fourth-order valence-electron chi connectivity index (χ4n) is 1.38. The summed E-state index contributed by atoms with van der Waals surface area (Å²) in [5, 5.41) is 3.17. The van der Waals surface area contributed by atoms with E-state index in [-0.39, 0.29) is 11.9 Å². The van der Waals surface area contributed by atoms with Crippen LogP contribution in [0.3, 0.4) is 0 Å². The van der Waals surface area contributed by atoms with Crippen molar-refractivity contribution in [1.82, 2.24) is 10.2 Å². The highest BCUT2D eigenvalue weighted by Gasteiger charge is 2.18. The smallest absolute Gasteiger partial charge is 0.239 e. The van der Waals surface area contributed by atoms with Crippen LogP contribution in [0.5, 0.6) is 0 Å². The van der Waals surface area contributed by atoms with Crippen molar-refractivity contribution in [2.24, 2.45) is 5.73 Å². The Morgan fingerprint density at radius 3 is 2.69 bits per heavy atom. The minimum atomic E-state index is -0.362. The number of nitrogens with two attached hydrogens (primary N) is 1. The van der Waals surface area contributed by atoms with Crippen molar-refractivity contribution in [2.45, 2.75) is 13.0 Å². The molecule has 0 aliphatic carbocycles. The lowest BCUT2D eigenvalue weighted by Crippen LogP contribution is -2.36. The van der Waals surface area contributed by atoms with E-state index in [4.69, 9.17) is 5.73 Å². The average molecular weight is 241 g/mol. The summed E-state index contributed by atoms with van der Waals surface area (Å²) in [6, 6.07) is 3.60. The van der Waals surface area contributed by atoms with Crippen LogP contribution in [-0.4, -0.2) is 38.0 Å². The van der Waals surface area contributed by atoms with Gasteiger partial charge in [0.15, 0.2) is 0 Å². The molecule has 90 valence electrons. The minimum Gasteiger partial charge on any atom is -0.368 e. The lowest BCUT2D eigenvalue weighted by molar-refractivity contribution is -0.120. The molecule has 0 spiro atoms. The zero-order chi connectivity index (χ0) is 12.1. The molecule has 0 aliphatic rings. The van der Waals surface area contributed by atoms with Gasteiger partial charge in [-0.3, -0.25) is 4.79 Å². The Bertz CT molecular complexity index is 349. The molecule has 1 aromatic rings. The molecule has 4 nitrogen and oxygen atoms in total. The number of nitrogens with one attached hydrogen (secondary N) is 1. The highest BCUT2D eigenvalue weighted by atomic mass is 32.1. The summed E-state index contributed by atoms with van der Waals surface area (Å²) in [6.45, 7) is 3.65. The first kappa shape index (κ1) is 13.2. The maximum Gasteiger partial charge on any atom is 0.239 e. The molecule has 5 heteroatoms. The summed E-state index contributed by atoms with van der Waals surface area (Å²) in [4.78, 5) is 15.6. The maximum absolute atomic E-state index is 11.3. The predicted octanol–water partition coefficient (Wildman–Crippen LogP) is 0.734. The molecule has 0 aromatic carbocycles. The molecule has 1 unspecified atom stereocenters. The lowest BCUT2D eigenvalue weighted by atomic mass is 10.2. The monoisotopic (exact) mass is 241 g/mol. The second-order valence-corrected chi connectivity index (χ2v) is 5.36. The Kier molecular flexibility index (Phi) is 4.92. The van der Waals surface area contributed by atoms with Crippen LogP contribution in [0.1, 0.15) is 15.8 Å². The fourth-order valence-corrected chi connectivity index (χ4v) is 2.34. The largest absolute Gasteiger partial charge is 0.368 e. The first-order valence-electron chi connectivity index (χ1n) is 5.24. The van der Waals surface area contributed by atoms with Gasteiger partial charge in [-0.2, -0.15) is 0 Å². The predicted molar refractivity (Wildman–Crippen MR) is 67.5 cm³/mol. The Hall–Kier alpha value is -0.910. The van der Waals surface area contributed by atoms with Gasteiger partial charge in [0.1, 0.15) is 6.04 Å². The zero-order valence-electron chi connectivity index (χ0n) is 9.99. The fraction of sp³-hybridized carbons (Fsp3) is 0.545. The first-order valence-corrected chi connectivity index (χ1v) is 6.06. The van der Waals surface area contributed by atoms with Crippen LogP contribution in [0.4, 0.5) is 0 Å².